The van der Waals surface area contributed by atoms with Crippen molar-refractivity contribution in [3.63, 3.8) is 0 Å². The van der Waals surface area contributed by atoms with E-state index in [4.69, 9.17) is 9.47 Å². The maximum Gasteiger partial charge on any atom is 0.344 e. The van der Waals surface area contributed by atoms with Gasteiger partial charge in [-0.05, 0) is 55.7 Å². The molecule has 0 saturated carbocycles. The molecular formula is C30H35N2O3+. The summed E-state index contributed by atoms with van der Waals surface area (Å²) in [6, 6.07) is 22.5. The number of pyridine rings is 1. The second-order valence-corrected chi connectivity index (χ2v) is 9.09. The van der Waals surface area contributed by atoms with E-state index in [-0.39, 0.29) is 5.97 Å². The molecule has 4 aromatic rings. The van der Waals surface area contributed by atoms with Crippen molar-refractivity contribution in [3.8, 4) is 5.75 Å². The van der Waals surface area contributed by atoms with E-state index in [0.717, 1.165) is 38.0 Å². The Morgan fingerprint density at radius 3 is 2.54 bits per heavy atom. The van der Waals surface area contributed by atoms with Crippen molar-refractivity contribution in [1.29, 1.82) is 0 Å². The summed E-state index contributed by atoms with van der Waals surface area (Å²) < 4.78 is 15.6. The highest BCUT2D eigenvalue weighted by Gasteiger charge is 2.10. The molecule has 0 bridgehead atoms. The van der Waals surface area contributed by atoms with Crippen LogP contribution in [0.4, 0.5) is 0 Å². The van der Waals surface area contributed by atoms with E-state index in [0.29, 0.717) is 18.8 Å². The van der Waals surface area contributed by atoms with Gasteiger partial charge in [-0.2, -0.15) is 0 Å². The average molecular weight is 472 g/mol. The highest BCUT2D eigenvalue weighted by Crippen LogP contribution is 2.25. The van der Waals surface area contributed by atoms with Gasteiger partial charge < -0.3 is 14.0 Å². The normalized spacial score (nSPS) is 11.0. The number of aromatic nitrogens is 2. The Labute approximate surface area is 207 Å². The van der Waals surface area contributed by atoms with Crippen molar-refractivity contribution in [1.82, 2.24) is 4.57 Å². The number of esters is 1. The predicted octanol–water partition coefficient (Wildman–Crippen LogP) is 6.16. The van der Waals surface area contributed by atoms with Crippen LogP contribution in [0, 0.1) is 6.92 Å². The SMILES string of the molecule is Cc1cc2cc(OCc3ccccc3)ccc2n1CCCCCCCOC(=O)c1ccc[n+](C)c1. The van der Waals surface area contributed by atoms with Crippen LogP contribution in [-0.4, -0.2) is 17.1 Å². The minimum atomic E-state index is -0.246. The number of aryl methyl sites for hydroxylation is 3. The Morgan fingerprint density at radius 1 is 0.914 bits per heavy atom. The van der Waals surface area contributed by atoms with Crippen LogP contribution in [0.1, 0.15) is 53.7 Å². The van der Waals surface area contributed by atoms with Crippen LogP contribution < -0.4 is 9.30 Å². The lowest BCUT2D eigenvalue weighted by molar-refractivity contribution is -0.671. The molecular weight excluding hydrogens is 436 g/mol. The van der Waals surface area contributed by atoms with E-state index in [1.165, 1.54) is 28.6 Å². The maximum absolute atomic E-state index is 12.1. The lowest BCUT2D eigenvalue weighted by Crippen LogP contribution is -2.28. The number of nitrogens with zero attached hydrogens (tertiary/aromatic N) is 2. The number of carbonyl (C=O) groups excluding carboxylic acids is 1. The molecule has 35 heavy (non-hydrogen) atoms. The minimum Gasteiger partial charge on any atom is -0.489 e. The predicted molar refractivity (Wildman–Crippen MR) is 138 cm³/mol. The maximum atomic E-state index is 12.1. The smallest absolute Gasteiger partial charge is 0.344 e. The van der Waals surface area contributed by atoms with Gasteiger partial charge in [0.2, 0.25) is 0 Å². The fourth-order valence-electron chi connectivity index (χ4n) is 4.37. The molecule has 2 aromatic heterocycles. The zero-order valence-electron chi connectivity index (χ0n) is 20.8. The summed E-state index contributed by atoms with van der Waals surface area (Å²) in [5.74, 6) is 0.658. The van der Waals surface area contributed by atoms with Crippen molar-refractivity contribution >= 4 is 16.9 Å². The van der Waals surface area contributed by atoms with E-state index >= 15 is 0 Å². The van der Waals surface area contributed by atoms with Crippen LogP contribution in [0.15, 0.2) is 79.1 Å². The van der Waals surface area contributed by atoms with Crippen LogP contribution in [0.2, 0.25) is 0 Å². The van der Waals surface area contributed by atoms with Crippen molar-refractivity contribution < 1.29 is 18.8 Å². The first-order valence-corrected chi connectivity index (χ1v) is 12.5. The first kappa shape index (κ1) is 24.5. The van der Waals surface area contributed by atoms with Crippen LogP contribution in [0.25, 0.3) is 10.9 Å². The zero-order valence-corrected chi connectivity index (χ0v) is 20.8. The third-order valence-corrected chi connectivity index (χ3v) is 6.26. The van der Waals surface area contributed by atoms with Gasteiger partial charge in [0.1, 0.15) is 25.0 Å². The van der Waals surface area contributed by atoms with E-state index in [2.05, 4.69) is 47.9 Å². The molecule has 0 N–H and O–H groups in total. The van der Waals surface area contributed by atoms with Gasteiger partial charge >= 0.3 is 5.97 Å². The van der Waals surface area contributed by atoms with Gasteiger partial charge in [-0.15, -0.1) is 0 Å². The van der Waals surface area contributed by atoms with Crippen molar-refractivity contribution in [2.24, 2.45) is 7.05 Å². The standard InChI is InChI=1S/C30H35N2O3/c1-24-20-27-21-28(35-23-25-12-7-6-8-13-25)15-16-29(27)32(24)18-9-4-3-5-10-19-34-30(33)26-14-11-17-31(2)22-26/h6-8,11-17,20-22H,3-5,9-10,18-19,23H2,1-2H3/q+1. The number of hydrogen-bond donors (Lipinski definition) is 0. The minimum absolute atomic E-state index is 0.246. The number of fused-ring (bicyclic) bond motifs is 1. The monoisotopic (exact) mass is 471 g/mol. The van der Waals surface area contributed by atoms with Gasteiger partial charge in [0.05, 0.1) is 6.61 Å². The number of carbonyl (C=O) groups is 1. The molecule has 0 unspecified atom stereocenters. The summed E-state index contributed by atoms with van der Waals surface area (Å²) in [4.78, 5) is 12.1. The molecule has 5 nitrogen and oxygen atoms in total. The topological polar surface area (TPSA) is 44.3 Å². The van der Waals surface area contributed by atoms with Crippen LogP contribution in [-0.2, 0) is 24.9 Å². The molecule has 0 atom stereocenters. The Kier molecular flexibility index (Phi) is 8.55. The zero-order chi connectivity index (χ0) is 24.5. The molecule has 0 aliphatic rings. The summed E-state index contributed by atoms with van der Waals surface area (Å²) in [7, 11) is 1.90. The Bertz CT molecular complexity index is 1250. The summed E-state index contributed by atoms with van der Waals surface area (Å²) in [6.07, 6.45) is 9.11. The second kappa shape index (κ2) is 12.2. The molecule has 0 fully saturated rings. The Hall–Kier alpha value is -3.60. The fourth-order valence-corrected chi connectivity index (χ4v) is 4.37. The number of benzene rings is 2. The van der Waals surface area contributed by atoms with Gasteiger partial charge in [0, 0.05) is 29.2 Å². The first-order chi connectivity index (χ1) is 17.1. The summed E-state index contributed by atoms with van der Waals surface area (Å²) >= 11 is 0. The number of hydrogen-bond acceptors (Lipinski definition) is 3. The molecule has 5 heteroatoms. The van der Waals surface area contributed by atoms with Crippen LogP contribution in [0.3, 0.4) is 0 Å². The van der Waals surface area contributed by atoms with Crippen LogP contribution in [0.5, 0.6) is 5.75 Å². The number of ether oxygens (including phenoxy) is 2. The largest absolute Gasteiger partial charge is 0.489 e. The van der Waals surface area contributed by atoms with E-state index < -0.39 is 0 Å². The second-order valence-electron chi connectivity index (χ2n) is 9.09. The summed E-state index contributed by atoms with van der Waals surface area (Å²) in [5, 5.41) is 1.22. The van der Waals surface area contributed by atoms with Gasteiger partial charge in [-0.1, -0.05) is 49.6 Å². The molecule has 0 aliphatic heterocycles. The Balaban J connectivity index is 1.16. The molecule has 0 amide bonds. The van der Waals surface area contributed by atoms with E-state index in [9.17, 15) is 4.79 Å². The van der Waals surface area contributed by atoms with Gasteiger partial charge in [0.25, 0.3) is 0 Å². The molecule has 0 spiro atoms. The third-order valence-electron chi connectivity index (χ3n) is 6.26. The Morgan fingerprint density at radius 2 is 1.71 bits per heavy atom. The van der Waals surface area contributed by atoms with Crippen molar-refractivity contribution in [2.45, 2.75) is 52.2 Å². The van der Waals surface area contributed by atoms with Crippen molar-refractivity contribution in [3.05, 3.63) is 95.9 Å². The third kappa shape index (κ3) is 6.95. The van der Waals surface area contributed by atoms with Gasteiger partial charge in [-0.3, -0.25) is 0 Å². The molecule has 2 aromatic carbocycles. The molecule has 182 valence electrons. The van der Waals surface area contributed by atoms with E-state index in [1.54, 1.807) is 12.3 Å². The lowest BCUT2D eigenvalue weighted by Gasteiger charge is -2.10. The average Bonchev–Trinajstić information content (AvgIpc) is 3.18. The number of rotatable bonds is 12. The lowest BCUT2D eigenvalue weighted by atomic mass is 10.1. The van der Waals surface area contributed by atoms with Crippen LogP contribution >= 0.6 is 0 Å². The van der Waals surface area contributed by atoms with Crippen molar-refractivity contribution in [2.75, 3.05) is 6.61 Å². The molecule has 0 saturated heterocycles. The highest BCUT2D eigenvalue weighted by molar-refractivity contribution is 5.88. The van der Waals surface area contributed by atoms with Gasteiger partial charge in [-0.25, -0.2) is 9.36 Å². The molecule has 0 radical (unpaired) electrons. The summed E-state index contributed by atoms with van der Waals surface area (Å²) in [5.41, 5.74) is 4.31. The highest BCUT2D eigenvalue weighted by atomic mass is 16.5. The summed E-state index contributed by atoms with van der Waals surface area (Å²) in [6.45, 7) is 4.24. The quantitative estimate of drug-likeness (QED) is 0.141. The first-order valence-electron chi connectivity index (χ1n) is 12.5. The molecule has 4 rings (SSSR count). The number of unbranched alkanes of at least 4 members (excludes halogenated alkanes) is 4. The molecule has 2 heterocycles. The van der Waals surface area contributed by atoms with E-state index in [1.807, 2.05) is 42.1 Å². The fraction of sp³-hybridized carbons (Fsp3) is 0.333. The molecule has 0 aliphatic carbocycles. The van der Waals surface area contributed by atoms with Gasteiger partial charge in [0.15, 0.2) is 12.4 Å².